The van der Waals surface area contributed by atoms with Gasteiger partial charge in [-0.15, -0.1) is 0 Å². The molecule has 0 aromatic heterocycles. The molecule has 1 amide bonds. The molecule has 0 bridgehead atoms. The first-order valence-electron chi connectivity index (χ1n) is 29.5. The molecule has 406 valence electrons. The highest BCUT2D eigenvalue weighted by molar-refractivity contribution is 7.47. The normalized spacial score (nSPS) is 14.2. The zero-order chi connectivity index (χ0) is 50.6. The fraction of sp³-hybridized carbons (Fsp3) is 0.850. The van der Waals surface area contributed by atoms with E-state index in [4.69, 9.17) is 9.05 Å². The number of phosphoric ester groups is 1. The summed E-state index contributed by atoms with van der Waals surface area (Å²) in [4.78, 5) is 23.3. The van der Waals surface area contributed by atoms with Gasteiger partial charge in [-0.05, 0) is 64.2 Å². The average molecular weight is 993 g/mol. The highest BCUT2D eigenvalue weighted by Gasteiger charge is 2.27. The summed E-state index contributed by atoms with van der Waals surface area (Å²) in [6.45, 7) is 4.81. The van der Waals surface area contributed by atoms with Gasteiger partial charge in [0.15, 0.2) is 0 Å². The van der Waals surface area contributed by atoms with E-state index in [1.807, 2.05) is 27.2 Å². The van der Waals surface area contributed by atoms with Crippen molar-refractivity contribution in [3.8, 4) is 0 Å². The highest BCUT2D eigenvalue weighted by Crippen LogP contribution is 2.43. The number of amides is 1. The van der Waals surface area contributed by atoms with Crippen molar-refractivity contribution in [3.63, 3.8) is 0 Å². The van der Waals surface area contributed by atoms with Crippen LogP contribution >= 0.6 is 7.82 Å². The van der Waals surface area contributed by atoms with E-state index in [-0.39, 0.29) is 19.1 Å². The Bertz CT molecular complexity index is 1260. The van der Waals surface area contributed by atoms with Gasteiger partial charge in [-0.3, -0.25) is 13.8 Å². The van der Waals surface area contributed by atoms with E-state index >= 15 is 0 Å². The van der Waals surface area contributed by atoms with E-state index < -0.39 is 20.0 Å². The van der Waals surface area contributed by atoms with E-state index in [1.54, 1.807) is 6.08 Å². The van der Waals surface area contributed by atoms with Gasteiger partial charge in [0.1, 0.15) is 13.2 Å². The second-order valence-corrected chi connectivity index (χ2v) is 22.8. The molecule has 69 heavy (non-hydrogen) atoms. The van der Waals surface area contributed by atoms with Gasteiger partial charge in [0, 0.05) is 6.42 Å². The number of carbonyl (C=O) groups is 1. The molecule has 0 spiro atoms. The number of likely N-dealkylation sites (N-methyl/N-ethyl adjacent to an activating group) is 1. The maximum absolute atomic E-state index is 13.0. The molecule has 0 aromatic rings. The van der Waals surface area contributed by atoms with Gasteiger partial charge in [0.25, 0.3) is 0 Å². The third-order valence-electron chi connectivity index (χ3n) is 13.3. The van der Waals surface area contributed by atoms with Crippen molar-refractivity contribution in [1.29, 1.82) is 0 Å². The van der Waals surface area contributed by atoms with Crippen LogP contribution in [-0.2, 0) is 18.4 Å². The minimum atomic E-state index is -4.35. The van der Waals surface area contributed by atoms with Crippen LogP contribution in [0.25, 0.3) is 0 Å². The van der Waals surface area contributed by atoms with Crippen molar-refractivity contribution in [2.45, 2.75) is 289 Å². The van der Waals surface area contributed by atoms with Crippen LogP contribution in [0.15, 0.2) is 48.6 Å². The number of allylic oxidation sites excluding steroid dienone is 7. The lowest BCUT2D eigenvalue weighted by molar-refractivity contribution is -0.870. The van der Waals surface area contributed by atoms with Gasteiger partial charge in [-0.1, -0.05) is 255 Å². The molecule has 0 saturated heterocycles. The summed E-state index contributed by atoms with van der Waals surface area (Å²) in [7, 11) is 1.56. The Balaban J connectivity index is 4.10. The third kappa shape index (κ3) is 54.1. The Morgan fingerprint density at radius 2 is 0.841 bits per heavy atom. The first-order valence-corrected chi connectivity index (χ1v) is 31.0. The number of aliphatic hydroxyl groups excluding tert-OH is 1. The molecule has 0 radical (unpaired) electrons. The first kappa shape index (κ1) is 67.5. The standard InChI is InChI=1S/C60H115N2O6P/c1-6-8-10-12-14-16-18-20-22-24-25-26-27-28-29-30-31-32-33-34-35-36-37-38-40-42-44-46-48-50-52-54-60(64)61-58(57-68-69(65,66)67-56-55-62(3,4)5)59(63)53-51-49-47-45-43-41-39-23-21-19-17-15-13-11-9-7-2/h18,20,24-25,43,45,51,53,58-59,63H,6-17,19,21-23,26-42,44,46-50,52,54-57H2,1-5H3,(H-,61,64,65,66)/p+1/b20-18-,25-24-,45-43+,53-51+. The fourth-order valence-electron chi connectivity index (χ4n) is 8.62. The van der Waals surface area contributed by atoms with Crippen LogP contribution in [0.1, 0.15) is 277 Å². The average Bonchev–Trinajstić information content (AvgIpc) is 3.31. The molecule has 3 unspecified atom stereocenters. The Labute approximate surface area is 429 Å². The van der Waals surface area contributed by atoms with Crippen molar-refractivity contribution >= 4 is 13.7 Å². The smallest absolute Gasteiger partial charge is 0.387 e. The molecule has 0 aromatic carbocycles. The van der Waals surface area contributed by atoms with E-state index in [0.29, 0.717) is 17.4 Å². The fourth-order valence-corrected chi connectivity index (χ4v) is 9.36. The molecular weight excluding hydrogens is 876 g/mol. The van der Waals surface area contributed by atoms with E-state index in [1.165, 1.54) is 212 Å². The summed E-state index contributed by atoms with van der Waals surface area (Å²) in [6.07, 6.45) is 68.0. The molecule has 0 saturated carbocycles. The number of hydrogen-bond acceptors (Lipinski definition) is 5. The highest BCUT2D eigenvalue weighted by atomic mass is 31.2. The van der Waals surface area contributed by atoms with Crippen LogP contribution in [-0.4, -0.2) is 73.4 Å². The van der Waals surface area contributed by atoms with Gasteiger partial charge in [-0.2, -0.15) is 0 Å². The molecule has 0 rings (SSSR count). The number of phosphoric acid groups is 1. The van der Waals surface area contributed by atoms with Gasteiger partial charge in [0.2, 0.25) is 5.91 Å². The molecule has 0 fully saturated rings. The van der Waals surface area contributed by atoms with Gasteiger partial charge in [-0.25, -0.2) is 4.57 Å². The summed E-state index contributed by atoms with van der Waals surface area (Å²) >= 11 is 0. The Morgan fingerprint density at radius 3 is 1.25 bits per heavy atom. The number of nitrogens with zero attached hydrogens (tertiary/aromatic N) is 1. The number of quaternary nitrogens is 1. The molecule has 0 aliphatic rings. The molecule has 0 heterocycles. The number of nitrogens with one attached hydrogen (secondary N) is 1. The molecular formula is C60H116N2O6P+. The quantitative estimate of drug-likeness (QED) is 0.0243. The van der Waals surface area contributed by atoms with Crippen molar-refractivity contribution < 1.29 is 32.9 Å². The van der Waals surface area contributed by atoms with Crippen LogP contribution in [0.4, 0.5) is 0 Å². The summed E-state index contributed by atoms with van der Waals surface area (Å²) in [5.74, 6) is -0.184. The number of hydrogen-bond donors (Lipinski definition) is 3. The van der Waals surface area contributed by atoms with E-state index in [2.05, 4.69) is 55.6 Å². The summed E-state index contributed by atoms with van der Waals surface area (Å²) in [6, 6.07) is -0.862. The molecule has 8 nitrogen and oxygen atoms in total. The van der Waals surface area contributed by atoms with E-state index in [9.17, 15) is 19.4 Å². The third-order valence-corrected chi connectivity index (χ3v) is 14.3. The van der Waals surface area contributed by atoms with Crippen LogP contribution in [0.5, 0.6) is 0 Å². The number of unbranched alkanes of at least 4 members (excludes halogenated alkanes) is 35. The first-order chi connectivity index (χ1) is 33.5. The molecule has 9 heteroatoms. The maximum atomic E-state index is 13.0. The zero-order valence-electron chi connectivity index (χ0n) is 46.3. The van der Waals surface area contributed by atoms with Crippen molar-refractivity contribution in [1.82, 2.24) is 5.32 Å². The molecule has 3 N–H and O–H groups in total. The summed E-state index contributed by atoms with van der Waals surface area (Å²) in [5.41, 5.74) is 0. The molecule has 3 atom stereocenters. The van der Waals surface area contributed by atoms with Crippen LogP contribution < -0.4 is 5.32 Å². The second kappa shape index (κ2) is 51.4. The van der Waals surface area contributed by atoms with Crippen molar-refractivity contribution in [3.05, 3.63) is 48.6 Å². The molecule has 0 aliphatic carbocycles. The predicted molar refractivity (Wildman–Crippen MR) is 300 cm³/mol. The van der Waals surface area contributed by atoms with Crippen LogP contribution in [0.2, 0.25) is 0 Å². The number of rotatable bonds is 54. The van der Waals surface area contributed by atoms with Crippen molar-refractivity contribution in [2.24, 2.45) is 0 Å². The Hall–Kier alpha value is -1.54. The Kier molecular flexibility index (Phi) is 50.2. The predicted octanol–water partition coefficient (Wildman–Crippen LogP) is 17.9. The lowest BCUT2D eigenvalue weighted by Gasteiger charge is -2.25. The van der Waals surface area contributed by atoms with Gasteiger partial charge < -0.3 is 19.8 Å². The lowest BCUT2D eigenvalue weighted by atomic mass is 10.0. The van der Waals surface area contributed by atoms with Crippen molar-refractivity contribution in [2.75, 3.05) is 40.9 Å². The van der Waals surface area contributed by atoms with E-state index in [0.717, 1.165) is 44.9 Å². The monoisotopic (exact) mass is 992 g/mol. The largest absolute Gasteiger partial charge is 0.472 e. The SMILES string of the molecule is CCCCCCC/C=C\C/C=C\CCCCCCCCCCCCCCCCCCCCCC(=O)NC(COP(=O)(O)OCC[N+](C)(C)C)C(O)/C=C/CC/C=C/CCCCCCCCCCCC. The van der Waals surface area contributed by atoms with Crippen LogP contribution in [0, 0.1) is 0 Å². The number of carbonyl (C=O) groups excluding carboxylic acids is 1. The second-order valence-electron chi connectivity index (χ2n) is 21.4. The maximum Gasteiger partial charge on any atom is 0.472 e. The summed E-state index contributed by atoms with van der Waals surface area (Å²) in [5, 5.41) is 13.9. The molecule has 0 aliphatic heterocycles. The lowest BCUT2D eigenvalue weighted by Crippen LogP contribution is -2.45. The zero-order valence-corrected chi connectivity index (χ0v) is 47.2. The minimum Gasteiger partial charge on any atom is -0.387 e. The minimum absolute atomic E-state index is 0.0567. The number of aliphatic hydroxyl groups is 1. The van der Waals surface area contributed by atoms with Gasteiger partial charge >= 0.3 is 7.82 Å². The topological polar surface area (TPSA) is 105 Å². The summed E-state index contributed by atoms with van der Waals surface area (Å²) < 4.78 is 23.7. The van der Waals surface area contributed by atoms with Gasteiger partial charge in [0.05, 0.1) is 39.9 Å². The Morgan fingerprint density at radius 1 is 0.493 bits per heavy atom. The van der Waals surface area contributed by atoms with Crippen LogP contribution in [0.3, 0.4) is 0 Å².